The van der Waals surface area contributed by atoms with Gasteiger partial charge in [-0.2, -0.15) is 0 Å². The molecular weight excluding hydrogens is 1080 g/mol. The molecule has 0 unspecified atom stereocenters. The molecule has 88 heavy (non-hydrogen) atoms. The zero-order valence-corrected chi connectivity index (χ0v) is 49.3. The van der Waals surface area contributed by atoms with Crippen LogP contribution in [0.15, 0.2) is 346 Å². The van der Waals surface area contributed by atoms with Crippen LogP contribution in [-0.4, -0.2) is 21.8 Å². The van der Waals surface area contributed by atoms with Crippen molar-refractivity contribution >= 4 is 94.2 Å². The summed E-state index contributed by atoms with van der Waals surface area (Å²) in [5.41, 5.74) is 19.9. The van der Waals surface area contributed by atoms with Crippen molar-refractivity contribution in [3.8, 4) is 61.6 Å². The summed E-state index contributed by atoms with van der Waals surface area (Å²) in [5.74, 6) is 0. The summed E-state index contributed by atoms with van der Waals surface area (Å²) >= 11 is 0. The minimum atomic E-state index is -3.15. The van der Waals surface area contributed by atoms with Crippen molar-refractivity contribution in [2.24, 2.45) is 0 Å². The molecule has 3 nitrogen and oxygen atoms in total. The van der Waals surface area contributed by atoms with Gasteiger partial charge in [-0.15, -0.1) is 0 Å². The molecule has 17 aromatic rings. The molecule has 0 radical (unpaired) electrons. The topological polar surface area (TPSA) is 14.8 Å². The number of rotatable bonds is 11. The maximum absolute atomic E-state index is 3.15. The van der Waals surface area contributed by atoms with Crippen molar-refractivity contribution < 1.29 is 0 Å². The van der Waals surface area contributed by atoms with E-state index in [-0.39, 0.29) is 0 Å². The van der Waals surface area contributed by atoms with E-state index in [0.717, 1.165) is 50.3 Å². The lowest BCUT2D eigenvalue weighted by Crippen LogP contribution is -2.74. The van der Waals surface area contributed by atoms with Gasteiger partial charge in [0, 0.05) is 54.8 Å². The van der Waals surface area contributed by atoms with Gasteiger partial charge in [0.15, 0.2) is 8.07 Å². The first kappa shape index (κ1) is 51.1. The van der Waals surface area contributed by atoms with Gasteiger partial charge >= 0.3 is 0 Å². The van der Waals surface area contributed by atoms with Gasteiger partial charge in [-0.25, -0.2) is 0 Å². The summed E-state index contributed by atoms with van der Waals surface area (Å²) in [5, 5.41) is 12.7. The Morgan fingerprint density at radius 2 is 0.534 bits per heavy atom. The zero-order valence-electron chi connectivity index (χ0n) is 48.3. The fraction of sp³-hybridized carbons (Fsp3) is 0. The van der Waals surface area contributed by atoms with Crippen molar-refractivity contribution in [2.45, 2.75) is 0 Å². The van der Waals surface area contributed by atoms with Crippen LogP contribution in [0.4, 0.5) is 0 Å². The highest BCUT2D eigenvalue weighted by Gasteiger charge is 2.43. The van der Waals surface area contributed by atoms with Crippen molar-refractivity contribution in [3.05, 3.63) is 346 Å². The van der Waals surface area contributed by atoms with E-state index in [1.807, 2.05) is 0 Å². The van der Waals surface area contributed by atoms with Crippen LogP contribution in [-0.2, 0) is 0 Å². The van der Waals surface area contributed by atoms with E-state index >= 15 is 0 Å². The molecule has 0 aliphatic carbocycles. The average Bonchev–Trinajstić information content (AvgIpc) is 1.17. The first-order chi connectivity index (χ1) is 43.7. The molecule has 17 rings (SSSR count). The normalized spacial score (nSPS) is 11.9. The highest BCUT2D eigenvalue weighted by molar-refractivity contribution is 7.20. The van der Waals surface area contributed by atoms with Gasteiger partial charge in [-0.05, 0) is 121 Å². The van der Waals surface area contributed by atoms with Gasteiger partial charge in [0.05, 0.1) is 38.8 Å². The molecule has 0 saturated carbocycles. The minimum absolute atomic E-state index is 1.12. The maximum Gasteiger partial charge on any atom is 0.179 e. The molecule has 0 spiro atoms. The lowest BCUT2D eigenvalue weighted by Gasteiger charge is -2.36. The molecule has 0 saturated heterocycles. The van der Waals surface area contributed by atoms with Crippen LogP contribution in [0.3, 0.4) is 0 Å². The Morgan fingerprint density at radius 3 is 1.07 bits per heavy atom. The largest absolute Gasteiger partial charge is 0.309 e. The number of fused-ring (bicyclic) bond motifs is 9. The van der Waals surface area contributed by atoms with Gasteiger partial charge in [0.2, 0.25) is 0 Å². The Balaban J connectivity index is 0.871. The molecule has 0 bridgehead atoms. The standard InChI is InChI=1S/C84H57N3Si/c1-6-26-58(27-7-1)62-33-25-39-68(53-62)88(66-35-12-4-13-36-66,67-37-14-5-15-38-67)69-56-74(59-28-8-2-9-29-59)84(75(57-69)60-30-10-3-11-31-60)87-81-47-23-19-42-72(81)76-54-63(48-50-83(76)87)61-32-24-34-64(52-61)85-80-46-22-18-43-73(80)77-55-65(49-51-82(77)85)86-78-44-20-16-40-70(78)71-41-17-21-45-79(71)86/h1-57H. The fourth-order valence-electron chi connectivity index (χ4n) is 14.5. The smallest absolute Gasteiger partial charge is 0.179 e. The predicted molar refractivity (Wildman–Crippen MR) is 375 cm³/mol. The Morgan fingerprint density at radius 1 is 0.182 bits per heavy atom. The van der Waals surface area contributed by atoms with Crippen LogP contribution in [0.25, 0.3) is 127 Å². The van der Waals surface area contributed by atoms with E-state index in [1.54, 1.807) is 0 Å². The predicted octanol–water partition coefficient (Wildman–Crippen LogP) is 19.0. The molecule has 0 aliphatic rings. The minimum Gasteiger partial charge on any atom is -0.309 e. The number of nitrogens with zero attached hydrogens (tertiary/aromatic N) is 3. The third-order valence-electron chi connectivity index (χ3n) is 18.4. The zero-order chi connectivity index (χ0) is 58.1. The third-order valence-corrected chi connectivity index (χ3v) is 23.1. The second kappa shape index (κ2) is 21.0. The molecule has 0 aliphatic heterocycles. The Kier molecular flexibility index (Phi) is 12.2. The highest BCUT2D eigenvalue weighted by Crippen LogP contribution is 2.44. The van der Waals surface area contributed by atoms with Gasteiger partial charge < -0.3 is 13.7 Å². The first-order valence-corrected chi connectivity index (χ1v) is 32.4. The van der Waals surface area contributed by atoms with Crippen LogP contribution < -0.4 is 20.7 Å². The molecule has 0 fully saturated rings. The molecule has 412 valence electrons. The molecule has 0 amide bonds. The average molecular weight is 1140 g/mol. The van der Waals surface area contributed by atoms with Gasteiger partial charge in [0.25, 0.3) is 0 Å². The van der Waals surface area contributed by atoms with Crippen LogP contribution in [0.5, 0.6) is 0 Å². The van der Waals surface area contributed by atoms with Crippen LogP contribution in [0.1, 0.15) is 0 Å². The van der Waals surface area contributed by atoms with Crippen molar-refractivity contribution in [2.75, 3.05) is 0 Å². The van der Waals surface area contributed by atoms with E-state index in [4.69, 9.17) is 0 Å². The molecule has 3 aromatic heterocycles. The quantitative estimate of drug-likeness (QED) is 0.0906. The van der Waals surface area contributed by atoms with E-state index in [2.05, 4.69) is 359 Å². The fourth-order valence-corrected chi connectivity index (χ4v) is 19.3. The molecule has 0 atom stereocenters. The first-order valence-electron chi connectivity index (χ1n) is 30.4. The van der Waals surface area contributed by atoms with E-state index in [9.17, 15) is 0 Å². The Labute approximate surface area is 512 Å². The number of para-hydroxylation sites is 4. The van der Waals surface area contributed by atoms with Crippen LogP contribution >= 0.6 is 0 Å². The lowest BCUT2D eigenvalue weighted by molar-refractivity contribution is 1.17. The van der Waals surface area contributed by atoms with Crippen molar-refractivity contribution in [3.63, 3.8) is 0 Å². The van der Waals surface area contributed by atoms with Crippen molar-refractivity contribution in [1.82, 2.24) is 13.7 Å². The second-order valence-corrected chi connectivity index (χ2v) is 26.9. The summed E-state index contributed by atoms with van der Waals surface area (Å²) in [4.78, 5) is 0. The highest BCUT2D eigenvalue weighted by atomic mass is 28.3. The molecule has 4 heteroatoms. The SMILES string of the molecule is c1ccc(-c2cccc([Si](c3ccccc3)(c3ccccc3)c3cc(-c4ccccc4)c(-n4c5ccccc5c5cc(-c6cccc(-n7c8ccccc8c8cc(-n9c%10ccccc%10c%10ccccc%109)ccc87)c6)ccc54)c(-c4ccccc4)c3)c2)cc1. The molecule has 3 heterocycles. The van der Waals surface area contributed by atoms with E-state index < -0.39 is 8.07 Å². The molecule has 0 N–H and O–H groups in total. The summed E-state index contributed by atoms with van der Waals surface area (Å²) in [6, 6.07) is 129. The van der Waals surface area contributed by atoms with Crippen LogP contribution in [0, 0.1) is 0 Å². The molecule has 14 aromatic carbocycles. The monoisotopic (exact) mass is 1140 g/mol. The lowest BCUT2D eigenvalue weighted by atomic mass is 9.95. The second-order valence-electron chi connectivity index (χ2n) is 23.1. The number of aromatic nitrogens is 3. The number of benzene rings is 14. The van der Waals surface area contributed by atoms with E-state index in [0.29, 0.717) is 0 Å². The number of hydrogen-bond acceptors (Lipinski definition) is 0. The summed E-state index contributed by atoms with van der Waals surface area (Å²) in [6.45, 7) is 0. The third kappa shape index (κ3) is 8.18. The summed E-state index contributed by atoms with van der Waals surface area (Å²) in [7, 11) is -3.15. The Bertz CT molecular complexity index is 5340. The molecular formula is C84H57N3Si. The van der Waals surface area contributed by atoms with Gasteiger partial charge in [0.1, 0.15) is 0 Å². The summed E-state index contributed by atoms with van der Waals surface area (Å²) in [6.07, 6.45) is 0. The van der Waals surface area contributed by atoms with Crippen LogP contribution in [0.2, 0.25) is 0 Å². The van der Waals surface area contributed by atoms with Gasteiger partial charge in [-0.3, -0.25) is 0 Å². The van der Waals surface area contributed by atoms with Crippen molar-refractivity contribution in [1.29, 1.82) is 0 Å². The summed E-state index contributed by atoms with van der Waals surface area (Å²) < 4.78 is 7.43. The maximum atomic E-state index is 2.57. The number of hydrogen-bond donors (Lipinski definition) is 0. The van der Waals surface area contributed by atoms with E-state index in [1.165, 1.54) is 97.4 Å². The van der Waals surface area contributed by atoms with Gasteiger partial charge in [-0.1, -0.05) is 279 Å². The Hall–Kier alpha value is -11.3.